The summed E-state index contributed by atoms with van der Waals surface area (Å²) in [6.07, 6.45) is -0.473. The fraction of sp³-hybridized carbons (Fsp3) is 0.417. The standard InChI is InChI=1S/C12H13F2NO3/c13-10-3-1-2-9(11(10)14)12(17)15-4-5-18-8(6-15)7-16/h1-3,8,16H,4-7H2. The van der Waals surface area contributed by atoms with Crippen molar-refractivity contribution in [2.75, 3.05) is 26.3 Å². The Kier molecular flexibility index (Phi) is 3.88. The molecule has 1 N–H and O–H groups in total. The molecule has 1 saturated heterocycles. The molecule has 0 radical (unpaired) electrons. The van der Waals surface area contributed by atoms with Gasteiger partial charge in [-0.05, 0) is 12.1 Å². The minimum atomic E-state index is -1.14. The first-order valence-electron chi connectivity index (χ1n) is 5.59. The number of ether oxygens (including phenoxy) is 1. The maximum Gasteiger partial charge on any atom is 0.257 e. The van der Waals surface area contributed by atoms with E-state index in [9.17, 15) is 13.6 Å². The summed E-state index contributed by atoms with van der Waals surface area (Å²) in [6.45, 7) is 0.528. The van der Waals surface area contributed by atoms with Crippen LogP contribution in [0.4, 0.5) is 8.78 Å². The molecule has 1 heterocycles. The molecule has 1 aliphatic rings. The Balaban J connectivity index is 2.18. The van der Waals surface area contributed by atoms with Crippen molar-refractivity contribution in [3.05, 3.63) is 35.4 Å². The third kappa shape index (κ3) is 2.49. The highest BCUT2D eigenvalue weighted by atomic mass is 19.2. The molecule has 18 heavy (non-hydrogen) atoms. The van der Waals surface area contributed by atoms with Crippen LogP contribution in [0.5, 0.6) is 0 Å². The summed E-state index contributed by atoms with van der Waals surface area (Å²) in [4.78, 5) is 13.4. The molecule has 0 aromatic heterocycles. The number of carbonyl (C=O) groups is 1. The van der Waals surface area contributed by atoms with Crippen LogP contribution < -0.4 is 0 Å². The molecular formula is C12H13F2NO3. The van der Waals surface area contributed by atoms with Gasteiger partial charge in [-0.1, -0.05) is 6.07 Å². The first-order valence-corrected chi connectivity index (χ1v) is 5.59. The lowest BCUT2D eigenvalue weighted by Crippen LogP contribution is -2.47. The molecule has 0 spiro atoms. The van der Waals surface area contributed by atoms with E-state index in [1.807, 2.05) is 0 Å². The zero-order valence-corrected chi connectivity index (χ0v) is 9.60. The highest BCUT2D eigenvalue weighted by Crippen LogP contribution is 2.15. The summed E-state index contributed by atoms with van der Waals surface area (Å²) in [6, 6.07) is 3.49. The molecule has 0 bridgehead atoms. The number of morpholine rings is 1. The van der Waals surface area contributed by atoms with Crippen molar-refractivity contribution in [1.29, 1.82) is 0 Å². The van der Waals surface area contributed by atoms with Crippen LogP contribution in [0, 0.1) is 11.6 Å². The SMILES string of the molecule is O=C(c1cccc(F)c1F)N1CCOC(CO)C1. The number of hydrogen-bond donors (Lipinski definition) is 1. The molecule has 1 atom stereocenters. The third-order valence-corrected chi connectivity index (χ3v) is 2.81. The van der Waals surface area contributed by atoms with Crippen LogP contribution >= 0.6 is 0 Å². The van der Waals surface area contributed by atoms with Gasteiger partial charge in [0.1, 0.15) is 0 Å². The molecule has 98 valence electrons. The number of carbonyl (C=O) groups excluding carboxylic acids is 1. The van der Waals surface area contributed by atoms with Gasteiger partial charge < -0.3 is 14.7 Å². The van der Waals surface area contributed by atoms with Crippen molar-refractivity contribution < 1.29 is 23.4 Å². The van der Waals surface area contributed by atoms with Gasteiger partial charge in [-0.2, -0.15) is 0 Å². The molecule has 6 heteroatoms. The molecule has 1 aromatic carbocycles. The lowest BCUT2D eigenvalue weighted by molar-refractivity contribution is -0.0448. The second kappa shape index (κ2) is 5.41. The van der Waals surface area contributed by atoms with Crippen molar-refractivity contribution in [3.8, 4) is 0 Å². The number of amides is 1. The zero-order valence-electron chi connectivity index (χ0n) is 9.60. The quantitative estimate of drug-likeness (QED) is 0.852. The number of nitrogens with zero attached hydrogens (tertiary/aromatic N) is 1. The molecule has 0 saturated carbocycles. The van der Waals surface area contributed by atoms with Crippen molar-refractivity contribution in [2.24, 2.45) is 0 Å². The minimum Gasteiger partial charge on any atom is -0.394 e. The molecule has 1 fully saturated rings. The van der Waals surface area contributed by atoms with Gasteiger partial charge in [0.25, 0.3) is 5.91 Å². The smallest absolute Gasteiger partial charge is 0.257 e. The second-order valence-corrected chi connectivity index (χ2v) is 4.03. The molecule has 2 rings (SSSR count). The maximum absolute atomic E-state index is 13.5. The molecule has 0 aliphatic carbocycles. The van der Waals surface area contributed by atoms with Gasteiger partial charge in [0.05, 0.1) is 24.9 Å². The van der Waals surface area contributed by atoms with Crippen LogP contribution in [0.2, 0.25) is 0 Å². The van der Waals surface area contributed by atoms with Crippen LogP contribution in [-0.2, 0) is 4.74 Å². The van der Waals surface area contributed by atoms with E-state index in [2.05, 4.69) is 0 Å². The lowest BCUT2D eigenvalue weighted by atomic mass is 10.1. The summed E-state index contributed by atoms with van der Waals surface area (Å²) in [5.74, 6) is -2.78. The van der Waals surface area contributed by atoms with Crippen LogP contribution in [0.1, 0.15) is 10.4 Å². The predicted octanol–water partition coefficient (Wildman–Crippen LogP) is 0.798. The Hall–Kier alpha value is -1.53. The molecule has 1 unspecified atom stereocenters. The van der Waals surface area contributed by atoms with Crippen molar-refractivity contribution in [1.82, 2.24) is 4.90 Å². The highest BCUT2D eigenvalue weighted by Gasteiger charge is 2.26. The zero-order chi connectivity index (χ0) is 13.1. The Morgan fingerprint density at radius 1 is 1.50 bits per heavy atom. The molecule has 1 aliphatic heterocycles. The van der Waals surface area contributed by atoms with Gasteiger partial charge in [0.2, 0.25) is 0 Å². The maximum atomic E-state index is 13.5. The number of hydrogen-bond acceptors (Lipinski definition) is 3. The van der Waals surface area contributed by atoms with E-state index in [4.69, 9.17) is 9.84 Å². The van der Waals surface area contributed by atoms with Crippen molar-refractivity contribution in [3.63, 3.8) is 0 Å². The topological polar surface area (TPSA) is 49.8 Å². The van der Waals surface area contributed by atoms with Crippen LogP contribution in [0.25, 0.3) is 0 Å². The van der Waals surface area contributed by atoms with Gasteiger partial charge in [-0.15, -0.1) is 0 Å². The lowest BCUT2D eigenvalue weighted by Gasteiger charge is -2.32. The molecular weight excluding hydrogens is 244 g/mol. The number of aliphatic hydroxyl groups excluding tert-OH is 1. The monoisotopic (exact) mass is 257 g/mol. The van der Waals surface area contributed by atoms with E-state index in [0.717, 1.165) is 6.07 Å². The van der Waals surface area contributed by atoms with Gasteiger partial charge >= 0.3 is 0 Å². The van der Waals surface area contributed by atoms with E-state index in [0.29, 0.717) is 6.54 Å². The second-order valence-electron chi connectivity index (χ2n) is 4.03. The number of rotatable bonds is 2. The Morgan fingerprint density at radius 3 is 3.00 bits per heavy atom. The predicted molar refractivity (Wildman–Crippen MR) is 59.1 cm³/mol. The highest BCUT2D eigenvalue weighted by molar-refractivity contribution is 5.94. The van der Waals surface area contributed by atoms with E-state index in [-0.39, 0.29) is 25.3 Å². The summed E-state index contributed by atoms with van der Waals surface area (Å²) >= 11 is 0. The van der Waals surface area contributed by atoms with Crippen LogP contribution in [0.3, 0.4) is 0 Å². The number of aliphatic hydroxyl groups is 1. The Bertz CT molecular complexity index is 453. The van der Waals surface area contributed by atoms with Crippen molar-refractivity contribution >= 4 is 5.91 Å². The van der Waals surface area contributed by atoms with Crippen LogP contribution in [0.15, 0.2) is 18.2 Å². The molecule has 1 aromatic rings. The van der Waals surface area contributed by atoms with Crippen molar-refractivity contribution in [2.45, 2.75) is 6.10 Å². The summed E-state index contributed by atoms with van der Waals surface area (Å²) < 4.78 is 31.7. The molecule has 4 nitrogen and oxygen atoms in total. The fourth-order valence-corrected chi connectivity index (χ4v) is 1.85. The van der Waals surface area contributed by atoms with Gasteiger partial charge in [0, 0.05) is 13.1 Å². The van der Waals surface area contributed by atoms with E-state index < -0.39 is 23.6 Å². The average Bonchev–Trinajstić information content (AvgIpc) is 2.41. The first-order chi connectivity index (χ1) is 8.63. The summed E-state index contributed by atoms with van der Waals surface area (Å²) in [5, 5.41) is 8.96. The largest absolute Gasteiger partial charge is 0.394 e. The average molecular weight is 257 g/mol. The Morgan fingerprint density at radius 2 is 2.28 bits per heavy atom. The van der Waals surface area contributed by atoms with E-state index >= 15 is 0 Å². The normalized spacial score (nSPS) is 19.9. The summed E-state index contributed by atoms with van der Waals surface area (Å²) in [7, 11) is 0. The Labute approximate surface area is 103 Å². The fourth-order valence-electron chi connectivity index (χ4n) is 1.85. The van der Waals surface area contributed by atoms with Gasteiger partial charge in [0.15, 0.2) is 11.6 Å². The third-order valence-electron chi connectivity index (χ3n) is 2.81. The summed E-state index contributed by atoms with van der Waals surface area (Å²) in [5.41, 5.74) is -0.298. The number of halogens is 2. The minimum absolute atomic E-state index is 0.172. The van der Waals surface area contributed by atoms with E-state index in [1.165, 1.54) is 17.0 Å². The molecule has 1 amide bonds. The van der Waals surface area contributed by atoms with Gasteiger partial charge in [-0.25, -0.2) is 8.78 Å². The van der Waals surface area contributed by atoms with Crippen LogP contribution in [-0.4, -0.2) is 48.3 Å². The van der Waals surface area contributed by atoms with Gasteiger partial charge in [-0.3, -0.25) is 4.79 Å². The first kappa shape index (κ1) is 12.9. The number of benzene rings is 1. The van der Waals surface area contributed by atoms with E-state index in [1.54, 1.807) is 0 Å².